The summed E-state index contributed by atoms with van der Waals surface area (Å²) in [6, 6.07) is 0. The highest BCUT2D eigenvalue weighted by Crippen LogP contribution is 2.33. The zero-order valence-corrected chi connectivity index (χ0v) is 11.8. The topological polar surface area (TPSA) is 72.0 Å². The molecule has 0 fully saturated rings. The van der Waals surface area contributed by atoms with Crippen LogP contribution in [0.1, 0.15) is 34.9 Å². The van der Waals surface area contributed by atoms with Crippen LogP contribution in [0.5, 0.6) is 0 Å². The molecular weight excluding hydrogens is 295 g/mol. The lowest BCUT2D eigenvalue weighted by Crippen LogP contribution is -2.30. The summed E-state index contributed by atoms with van der Waals surface area (Å²) in [7, 11) is -3.55. The first-order chi connectivity index (χ1) is 9.10. The molecule has 1 aromatic rings. The van der Waals surface area contributed by atoms with Gasteiger partial charge in [-0.25, -0.2) is 18.4 Å². The lowest BCUT2D eigenvalue weighted by Gasteiger charge is -2.22. The minimum absolute atomic E-state index is 0.00759. The molecule has 0 bridgehead atoms. The molecule has 20 heavy (non-hydrogen) atoms. The van der Waals surface area contributed by atoms with Crippen LogP contribution in [0.2, 0.25) is 0 Å². The van der Waals surface area contributed by atoms with Crippen molar-refractivity contribution in [1.82, 2.24) is 15.3 Å². The Hall–Kier alpha value is -1.22. The zero-order chi connectivity index (χ0) is 15.1. The third kappa shape index (κ3) is 2.93. The van der Waals surface area contributed by atoms with Crippen LogP contribution in [0.25, 0.3) is 0 Å². The summed E-state index contributed by atoms with van der Waals surface area (Å²) >= 11 is 0. The molecule has 0 aliphatic carbocycles. The van der Waals surface area contributed by atoms with Gasteiger partial charge in [0.2, 0.25) is 0 Å². The van der Waals surface area contributed by atoms with Gasteiger partial charge in [-0.15, -0.1) is 0 Å². The third-order valence-corrected chi connectivity index (χ3v) is 4.72. The lowest BCUT2D eigenvalue weighted by atomic mass is 10.0. The summed E-state index contributed by atoms with van der Waals surface area (Å²) in [6.45, 7) is 1.84. The first-order valence-corrected chi connectivity index (χ1v) is 7.92. The molecule has 0 spiro atoms. The number of nitrogens with one attached hydrogen (secondary N) is 1. The molecule has 0 saturated carbocycles. The Morgan fingerprint density at radius 1 is 1.30 bits per heavy atom. The highest BCUT2D eigenvalue weighted by atomic mass is 32.2. The van der Waals surface area contributed by atoms with Crippen LogP contribution in [0.15, 0.2) is 0 Å². The molecule has 1 aromatic heterocycles. The molecule has 0 amide bonds. The largest absolute Gasteiger partial charge is 0.433 e. The van der Waals surface area contributed by atoms with Crippen molar-refractivity contribution in [3.8, 4) is 0 Å². The van der Waals surface area contributed by atoms with Gasteiger partial charge in [-0.1, -0.05) is 0 Å². The average molecular weight is 309 g/mol. The minimum atomic E-state index is -4.63. The molecule has 9 heteroatoms. The number of aromatic nitrogens is 2. The molecule has 0 saturated heterocycles. The van der Waals surface area contributed by atoms with Gasteiger partial charge in [0.25, 0.3) is 0 Å². The fraction of sp³-hybridized carbons (Fsp3) is 0.636. The van der Waals surface area contributed by atoms with Gasteiger partial charge in [0.1, 0.15) is 11.1 Å². The van der Waals surface area contributed by atoms with E-state index in [1.165, 1.54) is 6.92 Å². The van der Waals surface area contributed by atoms with Gasteiger partial charge >= 0.3 is 6.18 Å². The monoisotopic (exact) mass is 309 g/mol. The Morgan fingerprint density at radius 2 is 1.95 bits per heavy atom. The average Bonchev–Trinajstić information content (AvgIpc) is 2.34. The fourth-order valence-corrected chi connectivity index (χ4v) is 2.46. The van der Waals surface area contributed by atoms with Gasteiger partial charge in [0, 0.05) is 31.3 Å². The summed E-state index contributed by atoms with van der Waals surface area (Å²) in [5.74, 6) is -0.291. The fourth-order valence-electron chi connectivity index (χ4n) is 1.97. The summed E-state index contributed by atoms with van der Waals surface area (Å²) in [5, 5.41) is 1.67. The number of alkyl halides is 3. The Balaban J connectivity index is 2.62. The van der Waals surface area contributed by atoms with Crippen molar-refractivity contribution in [2.24, 2.45) is 0 Å². The van der Waals surface area contributed by atoms with E-state index in [4.69, 9.17) is 0 Å². The number of hydrogen-bond acceptors (Lipinski definition) is 5. The van der Waals surface area contributed by atoms with E-state index in [-0.39, 0.29) is 23.6 Å². The van der Waals surface area contributed by atoms with Crippen LogP contribution >= 0.6 is 0 Å². The summed E-state index contributed by atoms with van der Waals surface area (Å²) in [4.78, 5) is 7.49. The van der Waals surface area contributed by atoms with Crippen molar-refractivity contribution in [3.63, 3.8) is 0 Å². The lowest BCUT2D eigenvalue weighted by molar-refractivity contribution is -0.142. The molecule has 2 heterocycles. The third-order valence-electron chi connectivity index (χ3n) is 3.22. The standard InChI is InChI=1S/C11H14F3N3O2S/c1-6(20(2,18)19)10-16-8-3-4-15-5-7(8)9(17-10)11(12,13)14/h6,15H,3-5H2,1-2H3. The van der Waals surface area contributed by atoms with E-state index in [0.717, 1.165) is 6.26 Å². The van der Waals surface area contributed by atoms with Crippen LogP contribution in [-0.2, 0) is 29.0 Å². The van der Waals surface area contributed by atoms with Crippen molar-refractivity contribution in [2.45, 2.75) is 31.3 Å². The van der Waals surface area contributed by atoms with Crippen LogP contribution in [0.4, 0.5) is 13.2 Å². The molecule has 0 aromatic carbocycles. The second kappa shape index (κ2) is 4.96. The number of fused-ring (bicyclic) bond motifs is 1. The van der Waals surface area contributed by atoms with Crippen molar-refractivity contribution in [3.05, 3.63) is 22.8 Å². The van der Waals surface area contributed by atoms with E-state index in [1.807, 2.05) is 0 Å². The predicted molar refractivity (Wildman–Crippen MR) is 65.7 cm³/mol. The maximum atomic E-state index is 13.0. The minimum Gasteiger partial charge on any atom is -0.312 e. The summed E-state index contributed by atoms with van der Waals surface area (Å²) in [6.07, 6.45) is -3.35. The predicted octanol–water partition coefficient (Wildman–Crippen LogP) is 1.25. The van der Waals surface area contributed by atoms with Crippen LogP contribution in [0.3, 0.4) is 0 Å². The van der Waals surface area contributed by atoms with Crippen LogP contribution < -0.4 is 5.32 Å². The van der Waals surface area contributed by atoms with Gasteiger partial charge in [0.15, 0.2) is 15.5 Å². The van der Waals surface area contributed by atoms with Crippen LogP contribution in [-0.4, -0.2) is 31.2 Å². The number of hydrogen-bond donors (Lipinski definition) is 1. The van der Waals surface area contributed by atoms with E-state index in [9.17, 15) is 21.6 Å². The highest BCUT2D eigenvalue weighted by Gasteiger charge is 2.39. The van der Waals surface area contributed by atoms with Gasteiger partial charge in [-0.05, 0) is 6.92 Å². The summed E-state index contributed by atoms with van der Waals surface area (Å²) in [5.41, 5.74) is -0.759. The first-order valence-electron chi connectivity index (χ1n) is 5.97. The Bertz CT molecular complexity index is 629. The Labute approximate surface area is 114 Å². The number of sulfone groups is 1. The molecule has 1 atom stereocenters. The first kappa shape index (κ1) is 15.2. The molecule has 1 N–H and O–H groups in total. The zero-order valence-electron chi connectivity index (χ0n) is 11.0. The van der Waals surface area contributed by atoms with E-state index < -0.39 is 27.0 Å². The molecule has 5 nitrogen and oxygen atoms in total. The van der Waals surface area contributed by atoms with Crippen molar-refractivity contribution < 1.29 is 21.6 Å². The van der Waals surface area contributed by atoms with E-state index in [0.29, 0.717) is 13.0 Å². The number of halogens is 3. The van der Waals surface area contributed by atoms with Crippen molar-refractivity contribution in [1.29, 1.82) is 0 Å². The maximum absolute atomic E-state index is 13.0. The van der Waals surface area contributed by atoms with Crippen molar-refractivity contribution >= 4 is 9.84 Å². The highest BCUT2D eigenvalue weighted by molar-refractivity contribution is 7.90. The van der Waals surface area contributed by atoms with Crippen molar-refractivity contribution in [2.75, 3.05) is 12.8 Å². The quantitative estimate of drug-likeness (QED) is 0.890. The molecule has 1 aliphatic heterocycles. The molecule has 0 radical (unpaired) electrons. The molecule has 1 aliphatic rings. The smallest absolute Gasteiger partial charge is 0.312 e. The molecular formula is C11H14F3N3O2S. The SMILES string of the molecule is CC(c1nc2c(c(C(F)(F)F)n1)CNCC2)S(C)(=O)=O. The van der Waals surface area contributed by atoms with E-state index >= 15 is 0 Å². The second-order valence-corrected chi connectivity index (χ2v) is 7.12. The van der Waals surface area contributed by atoms with Gasteiger partial charge in [-0.2, -0.15) is 13.2 Å². The van der Waals surface area contributed by atoms with Gasteiger partial charge in [0.05, 0.1) is 5.69 Å². The molecule has 2 rings (SSSR count). The molecule has 1 unspecified atom stereocenters. The van der Waals surface area contributed by atoms with Gasteiger partial charge in [-0.3, -0.25) is 0 Å². The Kier molecular flexibility index (Phi) is 3.76. The number of rotatable bonds is 2. The second-order valence-electron chi connectivity index (χ2n) is 4.75. The maximum Gasteiger partial charge on any atom is 0.433 e. The van der Waals surface area contributed by atoms with Gasteiger partial charge < -0.3 is 5.32 Å². The van der Waals surface area contributed by atoms with E-state index in [2.05, 4.69) is 15.3 Å². The molecule has 112 valence electrons. The Morgan fingerprint density at radius 3 is 2.50 bits per heavy atom. The normalized spacial score (nSPS) is 17.6. The number of nitrogens with zero attached hydrogens (tertiary/aromatic N) is 2. The van der Waals surface area contributed by atoms with Crippen LogP contribution in [0, 0.1) is 0 Å². The summed E-state index contributed by atoms with van der Waals surface area (Å²) < 4.78 is 62.1. The van der Waals surface area contributed by atoms with E-state index in [1.54, 1.807) is 0 Å².